The minimum Gasteiger partial charge on any atom is -0.268 e. The van der Waals surface area contributed by atoms with Crippen molar-refractivity contribution in [3.05, 3.63) is 65.2 Å². The van der Waals surface area contributed by atoms with Crippen LogP contribution < -0.4 is 5.01 Å². The van der Waals surface area contributed by atoms with E-state index >= 15 is 0 Å². The van der Waals surface area contributed by atoms with Crippen molar-refractivity contribution in [2.75, 3.05) is 12.1 Å². The Kier molecular flexibility index (Phi) is 4.00. The highest BCUT2D eigenvalue weighted by Crippen LogP contribution is 2.15. The minimum absolute atomic E-state index is 1.03. The molecule has 0 fully saturated rings. The van der Waals surface area contributed by atoms with Gasteiger partial charge >= 0.3 is 0 Å². The number of hydrogen-bond acceptors (Lipinski definition) is 2. The predicted molar refractivity (Wildman–Crippen MR) is 83.0 cm³/mol. The maximum absolute atomic E-state index is 4.67. The molecular weight excluding hydrogens is 232 g/mol. The molecule has 98 valence electrons. The molecule has 0 radical (unpaired) electrons. The molecule has 2 nitrogen and oxygen atoms in total. The van der Waals surface area contributed by atoms with E-state index in [9.17, 15) is 0 Å². The van der Waals surface area contributed by atoms with Crippen LogP contribution in [0.1, 0.15) is 23.6 Å². The second-order valence-electron chi connectivity index (χ2n) is 4.86. The summed E-state index contributed by atoms with van der Waals surface area (Å²) in [5, 5.41) is 6.58. The lowest BCUT2D eigenvalue weighted by Crippen LogP contribution is -2.12. The van der Waals surface area contributed by atoms with Crippen LogP contribution in [0, 0.1) is 13.8 Å². The van der Waals surface area contributed by atoms with Crippen molar-refractivity contribution in [3.8, 4) is 0 Å². The topological polar surface area (TPSA) is 15.6 Å². The van der Waals surface area contributed by atoms with Crippen LogP contribution in [0.5, 0.6) is 0 Å². The van der Waals surface area contributed by atoms with Crippen LogP contribution in [0.25, 0.3) is 0 Å². The largest absolute Gasteiger partial charge is 0.268 e. The van der Waals surface area contributed by atoms with Crippen molar-refractivity contribution in [2.24, 2.45) is 5.10 Å². The van der Waals surface area contributed by atoms with Crippen molar-refractivity contribution in [2.45, 2.75) is 20.8 Å². The lowest BCUT2D eigenvalue weighted by atomic mass is 10.0. The highest BCUT2D eigenvalue weighted by Gasteiger charge is 2.04. The Hall–Kier alpha value is -2.09. The summed E-state index contributed by atoms with van der Waals surface area (Å²) in [4.78, 5) is 0. The molecule has 0 unspecified atom stereocenters. The van der Waals surface area contributed by atoms with Crippen LogP contribution in [0.2, 0.25) is 0 Å². The van der Waals surface area contributed by atoms with E-state index < -0.39 is 0 Å². The number of aryl methyl sites for hydroxylation is 2. The number of para-hydroxylation sites is 1. The molecule has 0 spiro atoms. The molecule has 0 amide bonds. The number of hydrogen-bond donors (Lipinski definition) is 0. The Morgan fingerprint density at radius 2 is 1.68 bits per heavy atom. The molecule has 19 heavy (non-hydrogen) atoms. The molecule has 0 saturated heterocycles. The molecule has 2 heteroatoms. The average Bonchev–Trinajstić information content (AvgIpc) is 2.42. The molecule has 0 bridgehead atoms. The normalized spacial score (nSPS) is 11.5. The van der Waals surface area contributed by atoms with E-state index in [0.29, 0.717) is 0 Å². The first-order chi connectivity index (χ1) is 9.08. The zero-order valence-electron chi connectivity index (χ0n) is 12.0. The second kappa shape index (κ2) is 5.70. The highest BCUT2D eigenvalue weighted by atomic mass is 15.4. The molecule has 2 rings (SSSR count). The molecular formula is C17H20N2. The minimum atomic E-state index is 1.03. The SMILES string of the molecule is C/C(=N\N(C)c1ccccc1)c1cc(C)ccc1C. The summed E-state index contributed by atoms with van der Waals surface area (Å²) >= 11 is 0. The van der Waals surface area contributed by atoms with Gasteiger partial charge < -0.3 is 0 Å². The van der Waals surface area contributed by atoms with Crippen molar-refractivity contribution in [3.63, 3.8) is 0 Å². The Labute approximate surface area is 115 Å². The van der Waals surface area contributed by atoms with E-state index in [2.05, 4.69) is 56.2 Å². The third-order valence-corrected chi connectivity index (χ3v) is 3.21. The van der Waals surface area contributed by atoms with Gasteiger partial charge in [-0.2, -0.15) is 5.10 Å². The zero-order chi connectivity index (χ0) is 13.8. The fourth-order valence-corrected chi connectivity index (χ4v) is 2.11. The number of benzene rings is 2. The van der Waals surface area contributed by atoms with Gasteiger partial charge in [0.2, 0.25) is 0 Å². The summed E-state index contributed by atoms with van der Waals surface area (Å²) in [6, 6.07) is 16.6. The van der Waals surface area contributed by atoms with Gasteiger partial charge in [0.05, 0.1) is 11.4 Å². The van der Waals surface area contributed by atoms with Crippen LogP contribution in [0.15, 0.2) is 53.6 Å². The summed E-state index contributed by atoms with van der Waals surface area (Å²) in [6.07, 6.45) is 0. The monoisotopic (exact) mass is 252 g/mol. The molecule has 0 aliphatic carbocycles. The fourth-order valence-electron chi connectivity index (χ4n) is 2.11. The number of anilines is 1. The molecule has 0 heterocycles. The molecule has 2 aromatic carbocycles. The first-order valence-electron chi connectivity index (χ1n) is 6.49. The zero-order valence-corrected chi connectivity index (χ0v) is 12.0. The number of rotatable bonds is 3. The van der Waals surface area contributed by atoms with Crippen LogP contribution in [0.3, 0.4) is 0 Å². The first kappa shape index (κ1) is 13.3. The summed E-state index contributed by atoms with van der Waals surface area (Å²) in [5.74, 6) is 0. The third-order valence-electron chi connectivity index (χ3n) is 3.21. The van der Waals surface area contributed by atoms with Gasteiger partial charge in [-0.05, 0) is 44.5 Å². The smallest absolute Gasteiger partial charge is 0.0653 e. The fraction of sp³-hybridized carbons (Fsp3) is 0.235. The van der Waals surface area contributed by atoms with Crippen molar-refractivity contribution in [1.82, 2.24) is 0 Å². The van der Waals surface area contributed by atoms with Gasteiger partial charge in [-0.3, -0.25) is 5.01 Å². The quantitative estimate of drug-likeness (QED) is 0.591. The van der Waals surface area contributed by atoms with Crippen molar-refractivity contribution >= 4 is 11.4 Å². The van der Waals surface area contributed by atoms with E-state index in [1.807, 2.05) is 30.3 Å². The van der Waals surface area contributed by atoms with Crippen LogP contribution >= 0.6 is 0 Å². The summed E-state index contributed by atoms with van der Waals surface area (Å²) in [7, 11) is 1.98. The van der Waals surface area contributed by atoms with Crippen LogP contribution in [-0.4, -0.2) is 12.8 Å². The van der Waals surface area contributed by atoms with E-state index in [1.54, 1.807) is 0 Å². The van der Waals surface area contributed by atoms with Gasteiger partial charge in [0.15, 0.2) is 0 Å². The Bertz CT molecular complexity index is 585. The predicted octanol–water partition coefficient (Wildman–Crippen LogP) is 4.16. The lowest BCUT2D eigenvalue weighted by Gasteiger charge is -2.15. The van der Waals surface area contributed by atoms with Gasteiger partial charge in [-0.25, -0.2) is 0 Å². The maximum Gasteiger partial charge on any atom is 0.0653 e. The molecule has 2 aromatic rings. The van der Waals surface area contributed by atoms with E-state index in [1.165, 1.54) is 16.7 Å². The molecule has 0 aliphatic heterocycles. The number of nitrogens with zero attached hydrogens (tertiary/aromatic N) is 2. The Morgan fingerprint density at radius 3 is 2.37 bits per heavy atom. The highest BCUT2D eigenvalue weighted by molar-refractivity contribution is 6.00. The summed E-state index contributed by atoms with van der Waals surface area (Å²) in [5.41, 5.74) is 5.85. The van der Waals surface area contributed by atoms with E-state index in [-0.39, 0.29) is 0 Å². The molecule has 0 aliphatic rings. The van der Waals surface area contributed by atoms with Crippen molar-refractivity contribution in [1.29, 1.82) is 0 Å². The molecule has 0 atom stereocenters. The van der Waals surface area contributed by atoms with Gasteiger partial charge in [-0.15, -0.1) is 0 Å². The third kappa shape index (κ3) is 3.22. The molecule has 0 N–H and O–H groups in total. The first-order valence-corrected chi connectivity index (χ1v) is 6.49. The Morgan fingerprint density at radius 1 is 1.00 bits per heavy atom. The van der Waals surface area contributed by atoms with E-state index in [4.69, 9.17) is 0 Å². The van der Waals surface area contributed by atoms with Gasteiger partial charge in [0, 0.05) is 12.6 Å². The lowest BCUT2D eigenvalue weighted by molar-refractivity contribution is 1.01. The Balaban J connectivity index is 2.30. The average molecular weight is 252 g/mol. The standard InChI is InChI=1S/C17H20N2/c1-13-10-11-14(2)17(12-13)15(3)18-19(4)16-8-6-5-7-9-16/h5-12H,1-4H3/b18-15+. The summed E-state index contributed by atoms with van der Waals surface area (Å²) < 4.78 is 0. The molecule has 0 saturated carbocycles. The van der Waals surface area contributed by atoms with Gasteiger partial charge in [-0.1, -0.05) is 35.9 Å². The maximum atomic E-state index is 4.67. The van der Waals surface area contributed by atoms with Gasteiger partial charge in [0.25, 0.3) is 0 Å². The summed E-state index contributed by atoms with van der Waals surface area (Å²) in [6.45, 7) is 6.29. The van der Waals surface area contributed by atoms with Gasteiger partial charge in [0.1, 0.15) is 0 Å². The van der Waals surface area contributed by atoms with E-state index in [0.717, 1.165) is 11.4 Å². The molecule has 0 aromatic heterocycles. The van der Waals surface area contributed by atoms with Crippen LogP contribution in [-0.2, 0) is 0 Å². The van der Waals surface area contributed by atoms with Crippen LogP contribution in [0.4, 0.5) is 5.69 Å². The number of hydrazone groups is 1. The van der Waals surface area contributed by atoms with Crippen molar-refractivity contribution < 1.29 is 0 Å². The second-order valence-corrected chi connectivity index (χ2v) is 4.86.